The molecule has 0 saturated carbocycles. The van der Waals surface area contributed by atoms with Crippen molar-refractivity contribution in [3.63, 3.8) is 0 Å². The second-order valence-electron chi connectivity index (χ2n) is 16.6. The number of thiol groups is 1. The summed E-state index contributed by atoms with van der Waals surface area (Å²) < 4.78 is 71.1. The molecule has 2 atom stereocenters. The van der Waals surface area contributed by atoms with Gasteiger partial charge in [0.25, 0.3) is 0 Å². The molecule has 386 valence electrons. The molecule has 2 unspecified atom stereocenters. The Labute approximate surface area is 422 Å². The van der Waals surface area contributed by atoms with Gasteiger partial charge in [0, 0.05) is 55.9 Å². The lowest BCUT2D eigenvalue weighted by molar-refractivity contribution is -0.140. The summed E-state index contributed by atoms with van der Waals surface area (Å²) in [7, 11) is 1.37. The molecule has 22 heteroatoms. The van der Waals surface area contributed by atoms with Crippen LogP contribution < -0.4 is 26.4 Å². The number of hydrogen-bond donors (Lipinski definition) is 5. The van der Waals surface area contributed by atoms with E-state index in [1.54, 1.807) is 39.7 Å². The number of benzene rings is 3. The van der Waals surface area contributed by atoms with Crippen LogP contribution in [0.25, 0.3) is 11.1 Å². The molecule has 0 aromatic heterocycles. The van der Waals surface area contributed by atoms with Crippen molar-refractivity contribution < 1.29 is 61.0 Å². The van der Waals surface area contributed by atoms with Gasteiger partial charge in [0.15, 0.2) is 0 Å². The molecule has 1 aliphatic rings. The van der Waals surface area contributed by atoms with Crippen LogP contribution in [-0.4, -0.2) is 146 Å². The lowest BCUT2D eigenvalue weighted by Crippen LogP contribution is -2.39. The highest BCUT2D eigenvalue weighted by Gasteiger charge is 2.28. The standard InChI is InChI=1S/C37H58N4O11S.C10H11Cl2NO2S/c1-36(2,25-52-37(3,53)11-13-45-4)51-14-12-41(39)22-30(38)24-50-18-16-48-15-17-49-23-28-20-32(46-5)34(33(21-28)47-6)29-9-7-27(8-10-29)19-31(35(43)44)40-26-42;11-8-5-9(12)7-10(6-8)16(14,15)13-3-1-2-4-13/h7-10,20-22,26,31,53H,11-19,23-25,38-39H2,1-6H3,(H,40,42)(H,43,44);5-7H,1-4H2/b30-22-;. The van der Waals surface area contributed by atoms with Crippen molar-refractivity contribution in [2.75, 3.05) is 93.8 Å². The normalized spacial score (nSPS) is 14.6. The first-order chi connectivity index (χ1) is 32.7. The fraction of sp³-hybridized carbons (Fsp3) is 0.532. The minimum atomic E-state index is -3.42. The molecule has 3 aromatic carbocycles. The molecule has 69 heavy (non-hydrogen) atoms. The number of halogens is 2. The number of rotatable bonds is 31. The lowest BCUT2D eigenvalue weighted by atomic mass is 9.98. The van der Waals surface area contributed by atoms with Crippen molar-refractivity contribution in [3.8, 4) is 22.6 Å². The molecule has 4 rings (SSSR count). The Hall–Kier alpha value is -3.90. The smallest absolute Gasteiger partial charge is 0.326 e. The van der Waals surface area contributed by atoms with Crippen molar-refractivity contribution in [1.29, 1.82) is 0 Å². The van der Waals surface area contributed by atoms with Gasteiger partial charge in [0.1, 0.15) is 22.5 Å². The zero-order valence-electron chi connectivity index (χ0n) is 40.2. The number of carbonyl (C=O) groups is 2. The van der Waals surface area contributed by atoms with E-state index in [9.17, 15) is 23.1 Å². The van der Waals surface area contributed by atoms with Crippen LogP contribution in [0.2, 0.25) is 10.0 Å². The van der Waals surface area contributed by atoms with Gasteiger partial charge in [-0.2, -0.15) is 4.31 Å². The number of aliphatic carboxylic acids is 1. The van der Waals surface area contributed by atoms with Crippen LogP contribution in [0, 0.1) is 0 Å². The molecular formula is C47H69Cl2N5O13S2. The number of amides is 1. The summed E-state index contributed by atoms with van der Waals surface area (Å²) in [6.07, 6.45) is 4.62. The van der Waals surface area contributed by atoms with Crippen molar-refractivity contribution in [3.05, 3.63) is 87.7 Å². The molecule has 1 saturated heterocycles. The number of hydrogen-bond acceptors (Lipinski definition) is 16. The Bertz CT molecular complexity index is 2140. The molecule has 1 fully saturated rings. The van der Waals surface area contributed by atoms with Gasteiger partial charge >= 0.3 is 5.97 Å². The van der Waals surface area contributed by atoms with Crippen LogP contribution >= 0.6 is 35.8 Å². The number of methoxy groups -OCH3 is 3. The topological polar surface area (TPSA) is 233 Å². The number of sulfonamides is 1. The third-order valence-electron chi connectivity index (χ3n) is 10.3. The SMILES string of the molecule is COCCC(C)(S)OCC(C)(C)OCCN(N)/C=C(\N)COCCOCCOCc1cc(OC)c(-c2ccc(CC(NC=O)C(=O)O)cc2)c(OC)c1.O=S(=O)(c1cc(Cl)cc(Cl)c1)N1CCCC1. The van der Waals surface area contributed by atoms with E-state index in [4.69, 9.17) is 72.7 Å². The van der Waals surface area contributed by atoms with Crippen LogP contribution in [0.4, 0.5) is 0 Å². The van der Waals surface area contributed by atoms with E-state index in [2.05, 4.69) is 17.9 Å². The van der Waals surface area contributed by atoms with Gasteiger partial charge in [-0.25, -0.2) is 19.1 Å². The number of carboxylic acid groups (broad SMARTS) is 1. The van der Waals surface area contributed by atoms with E-state index in [-0.39, 0.29) is 17.9 Å². The molecule has 18 nitrogen and oxygen atoms in total. The number of carbonyl (C=O) groups excluding carboxylic acids is 1. The first kappa shape index (κ1) is 59.4. The third-order valence-corrected chi connectivity index (χ3v) is 13.0. The second-order valence-corrected chi connectivity index (χ2v) is 20.4. The number of hydrazine groups is 1. The Balaban J connectivity index is 0.000000656. The largest absolute Gasteiger partial charge is 0.496 e. The molecular weight excluding hydrogens is 978 g/mol. The van der Waals surface area contributed by atoms with Crippen molar-refractivity contribution in [2.45, 2.75) is 74.5 Å². The number of nitrogens with one attached hydrogen (secondary N) is 1. The summed E-state index contributed by atoms with van der Waals surface area (Å²) >= 11 is 16.1. The van der Waals surface area contributed by atoms with E-state index in [1.807, 2.05) is 45.0 Å². The van der Waals surface area contributed by atoms with Gasteiger partial charge in [-0.3, -0.25) is 4.79 Å². The van der Waals surface area contributed by atoms with Crippen molar-refractivity contribution in [1.82, 2.24) is 14.6 Å². The van der Waals surface area contributed by atoms with Crippen LogP contribution in [0.5, 0.6) is 11.5 Å². The van der Waals surface area contributed by atoms with Gasteiger partial charge in [0.2, 0.25) is 16.4 Å². The fourth-order valence-electron chi connectivity index (χ4n) is 6.63. The first-order valence-electron chi connectivity index (χ1n) is 22.2. The van der Waals surface area contributed by atoms with E-state index in [0.717, 1.165) is 35.1 Å². The van der Waals surface area contributed by atoms with Gasteiger partial charge in [-0.15, -0.1) is 12.6 Å². The van der Waals surface area contributed by atoms with E-state index < -0.39 is 32.6 Å². The summed E-state index contributed by atoms with van der Waals surface area (Å²) in [5, 5.41) is 13.8. The molecule has 1 amide bonds. The summed E-state index contributed by atoms with van der Waals surface area (Å²) in [5.41, 5.74) is 9.16. The lowest BCUT2D eigenvalue weighted by Gasteiger charge is -2.31. The zero-order valence-corrected chi connectivity index (χ0v) is 43.5. The Kier molecular flexibility index (Phi) is 25.9. The number of carboxylic acids is 1. The molecule has 0 bridgehead atoms. The number of nitrogens with two attached hydrogens (primary N) is 2. The minimum absolute atomic E-state index is 0.150. The number of nitrogens with zero attached hydrogens (tertiary/aromatic N) is 2. The Morgan fingerprint density at radius 3 is 2.04 bits per heavy atom. The first-order valence-corrected chi connectivity index (χ1v) is 24.8. The highest BCUT2D eigenvalue weighted by Crippen LogP contribution is 2.40. The van der Waals surface area contributed by atoms with Crippen LogP contribution in [0.3, 0.4) is 0 Å². The predicted molar refractivity (Wildman–Crippen MR) is 268 cm³/mol. The predicted octanol–water partition coefficient (Wildman–Crippen LogP) is 5.91. The highest BCUT2D eigenvalue weighted by molar-refractivity contribution is 7.89. The molecule has 6 N–H and O–H groups in total. The van der Waals surface area contributed by atoms with Gasteiger partial charge in [-0.05, 0) is 80.6 Å². The molecule has 1 aliphatic heterocycles. The second kappa shape index (κ2) is 30.1. The van der Waals surface area contributed by atoms with Crippen LogP contribution in [0.15, 0.2) is 71.4 Å². The average molecular weight is 1050 g/mol. The number of ether oxygens (including phenoxy) is 8. The monoisotopic (exact) mass is 1050 g/mol. The zero-order chi connectivity index (χ0) is 51.0. The van der Waals surface area contributed by atoms with E-state index >= 15 is 0 Å². The third kappa shape index (κ3) is 21.6. The van der Waals surface area contributed by atoms with E-state index in [0.29, 0.717) is 113 Å². The minimum Gasteiger partial charge on any atom is -0.496 e. The maximum absolute atomic E-state index is 12.1. The van der Waals surface area contributed by atoms with Gasteiger partial charge in [0.05, 0.1) is 95.4 Å². The van der Waals surface area contributed by atoms with Gasteiger partial charge in [-0.1, -0.05) is 47.5 Å². The van der Waals surface area contributed by atoms with E-state index in [1.165, 1.54) is 27.5 Å². The molecule has 3 aromatic rings. The average Bonchev–Trinajstić information content (AvgIpc) is 3.86. The van der Waals surface area contributed by atoms with Crippen molar-refractivity contribution >= 4 is 58.2 Å². The maximum Gasteiger partial charge on any atom is 0.326 e. The summed E-state index contributed by atoms with van der Waals surface area (Å²) in [6, 6.07) is 14.4. The Morgan fingerprint density at radius 2 is 1.48 bits per heavy atom. The molecule has 0 spiro atoms. The quantitative estimate of drug-likeness (QED) is 0.0126. The Morgan fingerprint density at radius 1 is 0.884 bits per heavy atom. The van der Waals surface area contributed by atoms with Gasteiger partial charge < -0.3 is 59.1 Å². The summed E-state index contributed by atoms with van der Waals surface area (Å²) in [4.78, 5) is 21.7. The molecule has 1 heterocycles. The van der Waals surface area contributed by atoms with Crippen LogP contribution in [-0.2, 0) is 61.1 Å². The van der Waals surface area contributed by atoms with Crippen molar-refractivity contribution in [2.24, 2.45) is 11.6 Å². The fourth-order valence-corrected chi connectivity index (χ4v) is 9.03. The van der Waals surface area contributed by atoms with Crippen LogP contribution in [0.1, 0.15) is 51.2 Å². The summed E-state index contributed by atoms with van der Waals surface area (Å²) in [6.45, 7) is 10.6. The molecule has 0 radical (unpaired) electrons. The molecule has 0 aliphatic carbocycles. The highest BCUT2D eigenvalue weighted by atomic mass is 35.5. The summed E-state index contributed by atoms with van der Waals surface area (Å²) in [5.74, 6) is 6.13. The maximum atomic E-state index is 12.1.